The molecule has 0 radical (unpaired) electrons. The van der Waals surface area contributed by atoms with Crippen molar-refractivity contribution >= 4 is 5.91 Å². The van der Waals surface area contributed by atoms with E-state index in [4.69, 9.17) is 5.26 Å². The van der Waals surface area contributed by atoms with E-state index in [1.807, 2.05) is 18.2 Å². The standard InChI is InChI=1S/C13H17N3O/c1-13(2,10-14)12(17)16(3)8-6-11-5-4-7-15-9-11/h4-5,7,9H,6,8H2,1-3H3. The van der Waals surface area contributed by atoms with Crippen molar-refractivity contribution in [3.63, 3.8) is 0 Å². The van der Waals surface area contributed by atoms with Crippen LogP contribution in [0.1, 0.15) is 19.4 Å². The first kappa shape index (κ1) is 13.2. The van der Waals surface area contributed by atoms with Gasteiger partial charge in [0.25, 0.3) is 0 Å². The summed E-state index contributed by atoms with van der Waals surface area (Å²) in [5, 5.41) is 8.89. The fraction of sp³-hybridized carbons (Fsp3) is 0.462. The maximum Gasteiger partial charge on any atom is 0.242 e. The molecule has 0 N–H and O–H groups in total. The van der Waals surface area contributed by atoms with E-state index < -0.39 is 5.41 Å². The summed E-state index contributed by atoms with van der Waals surface area (Å²) in [6.45, 7) is 3.86. The van der Waals surface area contributed by atoms with Crippen molar-refractivity contribution in [3.05, 3.63) is 30.1 Å². The molecule has 0 bridgehead atoms. The zero-order valence-corrected chi connectivity index (χ0v) is 10.5. The first-order chi connectivity index (χ1) is 7.97. The van der Waals surface area contributed by atoms with Crippen molar-refractivity contribution in [2.24, 2.45) is 5.41 Å². The first-order valence-electron chi connectivity index (χ1n) is 5.53. The average molecular weight is 231 g/mol. The molecule has 0 saturated heterocycles. The molecule has 0 aliphatic rings. The molecular formula is C13H17N3O. The number of nitrogens with zero attached hydrogens (tertiary/aromatic N) is 3. The van der Waals surface area contributed by atoms with E-state index >= 15 is 0 Å². The summed E-state index contributed by atoms with van der Waals surface area (Å²) in [5.74, 6) is -0.149. The normalized spacial score (nSPS) is 10.7. The van der Waals surface area contributed by atoms with Crippen LogP contribution in [-0.2, 0) is 11.2 Å². The number of hydrogen-bond donors (Lipinski definition) is 0. The Bertz CT molecular complexity index is 420. The molecule has 0 aromatic carbocycles. The molecule has 0 aliphatic carbocycles. The van der Waals surface area contributed by atoms with Gasteiger partial charge in [-0.25, -0.2) is 0 Å². The molecule has 1 amide bonds. The summed E-state index contributed by atoms with van der Waals surface area (Å²) in [6, 6.07) is 5.86. The summed E-state index contributed by atoms with van der Waals surface area (Å²) in [7, 11) is 1.72. The Hall–Kier alpha value is -1.89. The van der Waals surface area contributed by atoms with Gasteiger partial charge in [0.2, 0.25) is 5.91 Å². The van der Waals surface area contributed by atoms with E-state index in [0.717, 1.165) is 12.0 Å². The van der Waals surface area contributed by atoms with Gasteiger partial charge < -0.3 is 4.90 Å². The maximum atomic E-state index is 11.9. The molecule has 0 saturated carbocycles. The molecule has 4 heteroatoms. The van der Waals surface area contributed by atoms with Gasteiger partial charge in [-0.15, -0.1) is 0 Å². The molecule has 17 heavy (non-hydrogen) atoms. The van der Waals surface area contributed by atoms with Gasteiger partial charge >= 0.3 is 0 Å². The zero-order chi connectivity index (χ0) is 12.9. The van der Waals surface area contributed by atoms with E-state index in [2.05, 4.69) is 4.98 Å². The SMILES string of the molecule is CN(CCc1cccnc1)C(=O)C(C)(C)C#N. The topological polar surface area (TPSA) is 57.0 Å². The van der Waals surface area contributed by atoms with Crippen molar-refractivity contribution in [2.75, 3.05) is 13.6 Å². The number of carbonyl (C=O) groups is 1. The third-order valence-corrected chi connectivity index (χ3v) is 2.62. The highest BCUT2D eigenvalue weighted by atomic mass is 16.2. The largest absolute Gasteiger partial charge is 0.344 e. The van der Waals surface area contributed by atoms with Gasteiger partial charge in [-0.1, -0.05) is 6.07 Å². The molecule has 90 valence electrons. The minimum Gasteiger partial charge on any atom is -0.344 e. The van der Waals surface area contributed by atoms with Gasteiger partial charge in [0.1, 0.15) is 5.41 Å². The number of carbonyl (C=O) groups excluding carboxylic acids is 1. The summed E-state index contributed by atoms with van der Waals surface area (Å²) in [4.78, 5) is 17.5. The van der Waals surface area contributed by atoms with Gasteiger partial charge in [-0.05, 0) is 31.9 Å². The fourth-order valence-electron chi connectivity index (χ4n) is 1.47. The minimum absolute atomic E-state index is 0.149. The molecule has 1 heterocycles. The second kappa shape index (κ2) is 5.44. The van der Waals surface area contributed by atoms with E-state index in [1.54, 1.807) is 38.2 Å². The van der Waals surface area contributed by atoms with Gasteiger partial charge in [0.05, 0.1) is 6.07 Å². The van der Waals surface area contributed by atoms with Crippen LogP contribution in [0.2, 0.25) is 0 Å². The van der Waals surface area contributed by atoms with Crippen LogP contribution < -0.4 is 0 Å². The first-order valence-corrected chi connectivity index (χ1v) is 5.53. The smallest absolute Gasteiger partial charge is 0.242 e. The van der Waals surface area contributed by atoms with Crippen LogP contribution in [0.15, 0.2) is 24.5 Å². The Kier molecular flexibility index (Phi) is 4.22. The molecule has 0 unspecified atom stereocenters. The van der Waals surface area contributed by atoms with Crippen molar-refractivity contribution in [1.29, 1.82) is 5.26 Å². The van der Waals surface area contributed by atoms with Crippen molar-refractivity contribution in [2.45, 2.75) is 20.3 Å². The second-order valence-electron chi connectivity index (χ2n) is 4.57. The molecule has 0 aliphatic heterocycles. The van der Waals surface area contributed by atoms with Gasteiger partial charge in [-0.3, -0.25) is 9.78 Å². The summed E-state index contributed by atoms with van der Waals surface area (Å²) in [6.07, 6.45) is 4.25. The summed E-state index contributed by atoms with van der Waals surface area (Å²) >= 11 is 0. The Labute approximate surface area is 102 Å². The highest BCUT2D eigenvalue weighted by Gasteiger charge is 2.29. The second-order valence-corrected chi connectivity index (χ2v) is 4.57. The van der Waals surface area contributed by atoms with E-state index in [9.17, 15) is 4.79 Å². The number of rotatable bonds is 4. The highest BCUT2D eigenvalue weighted by molar-refractivity contribution is 5.84. The number of nitriles is 1. The van der Waals surface area contributed by atoms with Crippen LogP contribution in [0.5, 0.6) is 0 Å². The predicted octanol–water partition coefficient (Wildman–Crippen LogP) is 1.63. The lowest BCUT2D eigenvalue weighted by molar-refractivity contribution is -0.136. The summed E-state index contributed by atoms with van der Waals surface area (Å²) in [5.41, 5.74) is 0.130. The Morgan fingerprint density at radius 3 is 2.82 bits per heavy atom. The van der Waals surface area contributed by atoms with E-state index in [1.165, 1.54) is 0 Å². The maximum absolute atomic E-state index is 11.9. The minimum atomic E-state index is -0.955. The lowest BCUT2D eigenvalue weighted by Crippen LogP contribution is -2.38. The molecule has 0 fully saturated rings. The quantitative estimate of drug-likeness (QED) is 0.791. The molecule has 0 spiro atoms. The molecule has 1 aromatic rings. The number of pyridine rings is 1. The Morgan fingerprint density at radius 2 is 2.29 bits per heavy atom. The third-order valence-electron chi connectivity index (χ3n) is 2.62. The van der Waals surface area contributed by atoms with Crippen molar-refractivity contribution < 1.29 is 4.79 Å². The number of hydrogen-bond acceptors (Lipinski definition) is 3. The van der Waals surface area contributed by atoms with Crippen LogP contribution in [-0.4, -0.2) is 29.4 Å². The predicted molar refractivity (Wildman–Crippen MR) is 65.0 cm³/mol. The van der Waals surface area contributed by atoms with Crippen LogP contribution in [0.25, 0.3) is 0 Å². The molecule has 0 atom stereocenters. The molecular weight excluding hydrogens is 214 g/mol. The molecule has 1 aromatic heterocycles. The Balaban J connectivity index is 2.54. The molecule has 4 nitrogen and oxygen atoms in total. The van der Waals surface area contributed by atoms with Crippen LogP contribution >= 0.6 is 0 Å². The lowest BCUT2D eigenvalue weighted by Gasteiger charge is -2.23. The van der Waals surface area contributed by atoms with E-state index in [0.29, 0.717) is 6.54 Å². The number of amides is 1. The van der Waals surface area contributed by atoms with Crippen LogP contribution in [0.3, 0.4) is 0 Å². The van der Waals surface area contributed by atoms with Crippen LogP contribution in [0, 0.1) is 16.7 Å². The number of aromatic nitrogens is 1. The lowest BCUT2D eigenvalue weighted by atomic mass is 9.94. The average Bonchev–Trinajstić information content (AvgIpc) is 2.36. The number of likely N-dealkylation sites (N-methyl/N-ethyl adjacent to an activating group) is 1. The zero-order valence-electron chi connectivity index (χ0n) is 10.5. The van der Waals surface area contributed by atoms with Crippen LogP contribution in [0.4, 0.5) is 0 Å². The van der Waals surface area contributed by atoms with Crippen molar-refractivity contribution in [3.8, 4) is 6.07 Å². The summed E-state index contributed by atoms with van der Waals surface area (Å²) < 4.78 is 0. The van der Waals surface area contributed by atoms with Gasteiger partial charge in [-0.2, -0.15) is 5.26 Å². The molecule has 1 rings (SSSR count). The third kappa shape index (κ3) is 3.56. The van der Waals surface area contributed by atoms with Crippen molar-refractivity contribution in [1.82, 2.24) is 9.88 Å². The Morgan fingerprint density at radius 1 is 1.59 bits per heavy atom. The van der Waals surface area contributed by atoms with Gasteiger partial charge in [0.15, 0.2) is 0 Å². The monoisotopic (exact) mass is 231 g/mol. The van der Waals surface area contributed by atoms with Gasteiger partial charge in [0, 0.05) is 26.0 Å². The fourth-order valence-corrected chi connectivity index (χ4v) is 1.47. The highest BCUT2D eigenvalue weighted by Crippen LogP contribution is 2.16. The van der Waals surface area contributed by atoms with E-state index in [-0.39, 0.29) is 5.91 Å².